The van der Waals surface area contributed by atoms with Gasteiger partial charge in [-0.05, 0) is 38.6 Å². The Morgan fingerprint density at radius 2 is 1.93 bits per heavy atom. The lowest BCUT2D eigenvalue weighted by Gasteiger charge is -2.28. The van der Waals surface area contributed by atoms with Crippen LogP contribution in [0.1, 0.15) is 24.6 Å². The fourth-order valence-electron chi connectivity index (χ4n) is 3.45. The summed E-state index contributed by atoms with van der Waals surface area (Å²) in [5.74, 6) is -1.30. The maximum atomic E-state index is 10.6. The largest absolute Gasteiger partial charge is 0.490 e. The summed E-state index contributed by atoms with van der Waals surface area (Å²) < 4.78 is 39.1. The molecule has 2 aromatic heterocycles. The van der Waals surface area contributed by atoms with Gasteiger partial charge in [0, 0.05) is 25.6 Å². The molecular formula is C18H24F3N5O3. The van der Waals surface area contributed by atoms with E-state index >= 15 is 0 Å². The fraction of sp³-hybridized carbons (Fsp3) is 0.611. The number of piperidine rings is 1. The number of anilines is 1. The van der Waals surface area contributed by atoms with Crippen LogP contribution >= 0.6 is 0 Å². The molecule has 2 saturated heterocycles. The molecule has 2 fully saturated rings. The van der Waals surface area contributed by atoms with Gasteiger partial charge in [-0.15, -0.1) is 0 Å². The number of halogens is 3. The maximum absolute atomic E-state index is 10.6. The molecule has 4 heterocycles. The summed E-state index contributed by atoms with van der Waals surface area (Å²) in [6.45, 7) is 5.74. The molecule has 1 unspecified atom stereocenters. The summed E-state index contributed by atoms with van der Waals surface area (Å²) in [5, 5.41) is 11.9. The molecule has 0 spiro atoms. The number of likely N-dealkylation sites (tertiary alicyclic amines) is 1. The molecule has 2 aliphatic heterocycles. The number of nitrogens with zero attached hydrogens (tertiary/aromatic N) is 5. The highest BCUT2D eigenvalue weighted by Gasteiger charge is 2.38. The Morgan fingerprint density at radius 1 is 1.24 bits per heavy atom. The third kappa shape index (κ3) is 5.57. The summed E-state index contributed by atoms with van der Waals surface area (Å²) in [6.07, 6.45) is -0.559. The number of rotatable bonds is 2. The van der Waals surface area contributed by atoms with Gasteiger partial charge >= 0.3 is 12.1 Å². The van der Waals surface area contributed by atoms with Gasteiger partial charge in [-0.2, -0.15) is 18.3 Å². The van der Waals surface area contributed by atoms with Crippen molar-refractivity contribution in [3.63, 3.8) is 0 Å². The van der Waals surface area contributed by atoms with Crippen molar-refractivity contribution < 1.29 is 27.8 Å². The molecule has 0 saturated carbocycles. The number of aliphatic carboxylic acids is 1. The first-order valence-corrected chi connectivity index (χ1v) is 9.41. The highest BCUT2D eigenvalue weighted by atomic mass is 19.4. The average molecular weight is 415 g/mol. The zero-order chi connectivity index (χ0) is 21.0. The van der Waals surface area contributed by atoms with Gasteiger partial charge in [-0.3, -0.25) is 0 Å². The number of aromatic nitrogens is 3. The van der Waals surface area contributed by atoms with Crippen LogP contribution < -0.4 is 4.90 Å². The molecule has 29 heavy (non-hydrogen) atoms. The van der Waals surface area contributed by atoms with E-state index in [0.717, 1.165) is 44.3 Å². The average Bonchev–Trinajstić information content (AvgIpc) is 3.12. The van der Waals surface area contributed by atoms with E-state index in [1.54, 1.807) is 0 Å². The summed E-state index contributed by atoms with van der Waals surface area (Å²) in [4.78, 5) is 18.4. The third-order valence-corrected chi connectivity index (χ3v) is 4.94. The normalized spacial score (nSPS) is 21.0. The first kappa shape index (κ1) is 21.3. The third-order valence-electron chi connectivity index (χ3n) is 4.94. The summed E-state index contributed by atoms with van der Waals surface area (Å²) >= 11 is 0. The van der Waals surface area contributed by atoms with Crippen molar-refractivity contribution in [2.75, 3.05) is 51.3 Å². The molecular weight excluding hydrogens is 391 g/mol. The number of hydrogen-bond donors (Lipinski definition) is 1. The monoisotopic (exact) mass is 415 g/mol. The van der Waals surface area contributed by atoms with Crippen LogP contribution in [0.25, 0.3) is 5.65 Å². The number of carbonyl (C=O) groups is 1. The van der Waals surface area contributed by atoms with Crippen LogP contribution in [0, 0.1) is 0 Å². The van der Waals surface area contributed by atoms with Crippen molar-refractivity contribution in [3.8, 4) is 0 Å². The number of carboxylic acid groups (broad SMARTS) is 1. The van der Waals surface area contributed by atoms with Crippen molar-refractivity contribution >= 4 is 17.3 Å². The predicted molar refractivity (Wildman–Crippen MR) is 99.2 cm³/mol. The van der Waals surface area contributed by atoms with Gasteiger partial charge < -0.3 is 19.6 Å². The van der Waals surface area contributed by atoms with Crippen LogP contribution in [0.2, 0.25) is 0 Å². The molecule has 8 nitrogen and oxygen atoms in total. The van der Waals surface area contributed by atoms with E-state index in [1.807, 2.05) is 4.52 Å². The second-order valence-corrected chi connectivity index (χ2v) is 7.16. The Hall–Kier alpha value is -2.40. The molecule has 4 rings (SSSR count). The molecule has 160 valence electrons. The number of alkyl halides is 3. The van der Waals surface area contributed by atoms with Crippen molar-refractivity contribution in [1.29, 1.82) is 0 Å². The van der Waals surface area contributed by atoms with E-state index < -0.39 is 12.1 Å². The standard InChI is InChI=1S/C16H23N5O.C2HF3O2/c1-19-6-2-3-13(11-19)16-17-15-5-4-14(12-21(15)18-16)20-7-9-22-10-8-20;3-2(4,5)1(6)7/h4-5,12-13H,2-3,6-11H2,1H3;(H,6,7). The second kappa shape index (κ2) is 8.95. The van der Waals surface area contributed by atoms with Gasteiger partial charge in [0.15, 0.2) is 11.5 Å². The van der Waals surface area contributed by atoms with Crippen molar-refractivity contribution in [1.82, 2.24) is 19.5 Å². The minimum atomic E-state index is -5.08. The molecule has 0 amide bonds. The minimum absolute atomic E-state index is 0.463. The first-order chi connectivity index (χ1) is 13.7. The van der Waals surface area contributed by atoms with E-state index in [9.17, 15) is 13.2 Å². The van der Waals surface area contributed by atoms with Crippen LogP contribution in [-0.4, -0.2) is 83.2 Å². The molecule has 2 aromatic rings. The number of pyridine rings is 1. The SMILES string of the molecule is CN1CCCC(c2nc3ccc(N4CCOCC4)cn3n2)C1.O=C(O)C(F)(F)F. The summed E-state index contributed by atoms with van der Waals surface area (Å²) in [5.41, 5.74) is 2.15. The zero-order valence-electron chi connectivity index (χ0n) is 16.1. The second-order valence-electron chi connectivity index (χ2n) is 7.16. The van der Waals surface area contributed by atoms with Crippen LogP contribution in [-0.2, 0) is 9.53 Å². The topological polar surface area (TPSA) is 83.2 Å². The Balaban J connectivity index is 0.000000298. The summed E-state index contributed by atoms with van der Waals surface area (Å²) in [6, 6.07) is 4.22. The smallest absolute Gasteiger partial charge is 0.475 e. The molecule has 11 heteroatoms. The van der Waals surface area contributed by atoms with Crippen molar-refractivity contribution in [2.45, 2.75) is 24.9 Å². The number of likely N-dealkylation sites (N-methyl/N-ethyl adjacent to an activating group) is 1. The Bertz CT molecular complexity index is 836. The van der Waals surface area contributed by atoms with Gasteiger partial charge in [0.05, 0.1) is 25.1 Å². The zero-order valence-corrected chi connectivity index (χ0v) is 16.1. The van der Waals surface area contributed by atoms with E-state index in [0.29, 0.717) is 5.92 Å². The quantitative estimate of drug-likeness (QED) is 0.803. The van der Waals surface area contributed by atoms with Gasteiger partial charge in [0.25, 0.3) is 0 Å². The number of ether oxygens (including phenoxy) is 1. The highest BCUT2D eigenvalue weighted by Crippen LogP contribution is 2.25. The van der Waals surface area contributed by atoms with E-state index in [1.165, 1.54) is 25.1 Å². The van der Waals surface area contributed by atoms with Crippen LogP contribution in [0.5, 0.6) is 0 Å². The lowest BCUT2D eigenvalue weighted by Crippen LogP contribution is -2.36. The summed E-state index contributed by atoms with van der Waals surface area (Å²) in [7, 11) is 2.18. The van der Waals surface area contributed by atoms with E-state index in [4.69, 9.17) is 24.7 Å². The lowest BCUT2D eigenvalue weighted by atomic mass is 9.98. The molecule has 1 N–H and O–H groups in total. The number of fused-ring (bicyclic) bond motifs is 1. The molecule has 0 radical (unpaired) electrons. The molecule has 1 atom stereocenters. The van der Waals surface area contributed by atoms with Crippen molar-refractivity contribution in [3.05, 3.63) is 24.2 Å². The predicted octanol–water partition coefficient (Wildman–Crippen LogP) is 2.01. The first-order valence-electron chi connectivity index (χ1n) is 9.41. The van der Waals surface area contributed by atoms with Gasteiger partial charge in [-0.25, -0.2) is 14.3 Å². The number of hydrogen-bond acceptors (Lipinski definition) is 6. The molecule has 2 aliphatic rings. The number of carboxylic acids is 1. The van der Waals surface area contributed by atoms with Gasteiger partial charge in [0.2, 0.25) is 0 Å². The van der Waals surface area contributed by atoms with Crippen LogP contribution in [0.4, 0.5) is 18.9 Å². The maximum Gasteiger partial charge on any atom is 0.490 e. The molecule has 0 aromatic carbocycles. The fourth-order valence-corrected chi connectivity index (χ4v) is 3.45. The Labute approximate surface area is 165 Å². The van der Waals surface area contributed by atoms with Gasteiger partial charge in [0.1, 0.15) is 0 Å². The van der Waals surface area contributed by atoms with Crippen LogP contribution in [0.3, 0.4) is 0 Å². The minimum Gasteiger partial charge on any atom is -0.475 e. The number of morpholine rings is 1. The van der Waals surface area contributed by atoms with Crippen molar-refractivity contribution in [2.24, 2.45) is 0 Å². The Kier molecular flexibility index (Phi) is 6.58. The Morgan fingerprint density at radius 3 is 2.55 bits per heavy atom. The van der Waals surface area contributed by atoms with Crippen LogP contribution in [0.15, 0.2) is 18.3 Å². The lowest BCUT2D eigenvalue weighted by molar-refractivity contribution is -0.192. The molecule has 0 bridgehead atoms. The molecule has 0 aliphatic carbocycles. The van der Waals surface area contributed by atoms with E-state index in [-0.39, 0.29) is 0 Å². The van der Waals surface area contributed by atoms with Gasteiger partial charge in [-0.1, -0.05) is 0 Å². The highest BCUT2D eigenvalue weighted by molar-refractivity contribution is 5.73. The van der Waals surface area contributed by atoms with E-state index in [2.05, 4.69) is 35.2 Å².